The maximum atomic E-state index is 9.98. The number of ether oxygens (including phenoxy) is 1. The van der Waals surface area contributed by atoms with Crippen molar-refractivity contribution in [1.29, 1.82) is 0 Å². The zero-order valence-electron chi connectivity index (χ0n) is 16.0. The molecule has 0 aliphatic carbocycles. The van der Waals surface area contributed by atoms with Crippen LogP contribution in [0.25, 0.3) is 11.3 Å². The third-order valence-corrected chi connectivity index (χ3v) is 5.63. The molecule has 158 valence electrons. The van der Waals surface area contributed by atoms with Crippen molar-refractivity contribution in [1.82, 2.24) is 20.1 Å². The number of nitrogens with zero attached hydrogens (tertiary/aromatic N) is 5. The molecule has 1 saturated heterocycles. The third kappa shape index (κ3) is 5.06. The number of hydrogen-bond donors (Lipinski definition) is 3. The lowest BCUT2D eigenvalue weighted by Gasteiger charge is -2.41. The Hall–Kier alpha value is -1.75. The van der Waals surface area contributed by atoms with Crippen LogP contribution < -0.4 is 10.6 Å². The molecule has 11 heteroatoms. The van der Waals surface area contributed by atoms with Crippen LogP contribution in [0.15, 0.2) is 18.2 Å². The molecule has 1 aliphatic heterocycles. The minimum absolute atomic E-state index is 0.0602. The second-order valence-electron chi connectivity index (χ2n) is 6.83. The van der Waals surface area contributed by atoms with Crippen molar-refractivity contribution >= 4 is 35.0 Å². The SMILES string of the molecule is COCC(O)CN1CCN(c2nnc(-c3cccc(Cl)c3Cl)c(N)n2)CC1CO. The fourth-order valence-electron chi connectivity index (χ4n) is 3.35. The Morgan fingerprint density at radius 2 is 2.10 bits per heavy atom. The molecule has 0 radical (unpaired) electrons. The van der Waals surface area contributed by atoms with Crippen LogP contribution >= 0.6 is 23.2 Å². The average Bonchev–Trinajstić information content (AvgIpc) is 2.71. The van der Waals surface area contributed by atoms with Gasteiger partial charge in [-0.1, -0.05) is 35.3 Å². The molecule has 1 aromatic carbocycles. The van der Waals surface area contributed by atoms with Crippen molar-refractivity contribution in [3.05, 3.63) is 28.2 Å². The number of rotatable bonds is 7. The second-order valence-corrected chi connectivity index (χ2v) is 7.62. The molecule has 29 heavy (non-hydrogen) atoms. The smallest absolute Gasteiger partial charge is 0.247 e. The maximum absolute atomic E-state index is 9.98. The van der Waals surface area contributed by atoms with Gasteiger partial charge in [-0.3, -0.25) is 4.90 Å². The van der Waals surface area contributed by atoms with Gasteiger partial charge in [0.2, 0.25) is 5.95 Å². The van der Waals surface area contributed by atoms with E-state index in [1.807, 2.05) is 9.80 Å². The Balaban J connectivity index is 1.75. The number of aliphatic hydroxyl groups is 2. The van der Waals surface area contributed by atoms with Crippen LogP contribution in [-0.2, 0) is 4.74 Å². The van der Waals surface area contributed by atoms with Crippen molar-refractivity contribution in [2.75, 3.05) is 57.1 Å². The van der Waals surface area contributed by atoms with E-state index in [9.17, 15) is 10.2 Å². The van der Waals surface area contributed by atoms with Crippen LogP contribution in [0.1, 0.15) is 0 Å². The van der Waals surface area contributed by atoms with E-state index in [0.717, 1.165) is 0 Å². The lowest BCUT2D eigenvalue weighted by molar-refractivity contribution is 0.0140. The summed E-state index contributed by atoms with van der Waals surface area (Å²) in [6.07, 6.45) is -0.615. The molecule has 2 atom stereocenters. The summed E-state index contributed by atoms with van der Waals surface area (Å²) in [5, 5.41) is 28.9. The molecule has 0 spiro atoms. The number of piperazine rings is 1. The number of nitrogens with two attached hydrogens (primary N) is 1. The highest BCUT2D eigenvalue weighted by atomic mass is 35.5. The summed E-state index contributed by atoms with van der Waals surface area (Å²) in [4.78, 5) is 8.32. The summed E-state index contributed by atoms with van der Waals surface area (Å²) in [5.74, 6) is 0.567. The van der Waals surface area contributed by atoms with E-state index in [4.69, 9.17) is 33.7 Å². The van der Waals surface area contributed by atoms with E-state index < -0.39 is 6.10 Å². The molecule has 1 fully saturated rings. The number of methoxy groups -OCH3 is 1. The summed E-state index contributed by atoms with van der Waals surface area (Å²) in [7, 11) is 1.54. The fourth-order valence-corrected chi connectivity index (χ4v) is 3.74. The van der Waals surface area contributed by atoms with Crippen molar-refractivity contribution in [2.45, 2.75) is 12.1 Å². The Morgan fingerprint density at radius 3 is 2.79 bits per heavy atom. The largest absolute Gasteiger partial charge is 0.395 e. The predicted molar refractivity (Wildman–Crippen MR) is 112 cm³/mol. The van der Waals surface area contributed by atoms with Crippen LogP contribution in [0.4, 0.5) is 11.8 Å². The van der Waals surface area contributed by atoms with Gasteiger partial charge in [-0.2, -0.15) is 4.98 Å². The van der Waals surface area contributed by atoms with Gasteiger partial charge >= 0.3 is 0 Å². The Bertz CT molecular complexity index is 843. The lowest BCUT2D eigenvalue weighted by atomic mass is 10.1. The number of nitrogen functional groups attached to an aromatic ring is 1. The van der Waals surface area contributed by atoms with Gasteiger partial charge in [0, 0.05) is 38.9 Å². The van der Waals surface area contributed by atoms with Crippen LogP contribution in [0, 0.1) is 0 Å². The summed E-state index contributed by atoms with van der Waals surface area (Å²) in [6.45, 7) is 2.31. The predicted octanol–water partition coefficient (Wildman–Crippen LogP) is 0.918. The number of β-amino-alcohol motifs (C(OH)–C–C–N with tert-alkyl or cyclic N) is 1. The quantitative estimate of drug-likeness (QED) is 0.574. The maximum Gasteiger partial charge on any atom is 0.247 e. The monoisotopic (exact) mass is 442 g/mol. The fraction of sp³-hybridized carbons (Fsp3) is 0.500. The number of hydrogen-bond acceptors (Lipinski definition) is 9. The summed E-state index contributed by atoms with van der Waals surface area (Å²) in [5.41, 5.74) is 7.05. The van der Waals surface area contributed by atoms with Gasteiger partial charge in [0.05, 0.1) is 35.4 Å². The van der Waals surface area contributed by atoms with Gasteiger partial charge in [0.1, 0.15) is 5.69 Å². The van der Waals surface area contributed by atoms with Crippen molar-refractivity contribution < 1.29 is 14.9 Å². The van der Waals surface area contributed by atoms with E-state index in [2.05, 4.69) is 15.2 Å². The molecule has 4 N–H and O–H groups in total. The van der Waals surface area contributed by atoms with Gasteiger partial charge in [0.15, 0.2) is 5.82 Å². The van der Waals surface area contributed by atoms with Crippen LogP contribution in [-0.4, -0.2) is 88.9 Å². The molecule has 0 amide bonds. The lowest BCUT2D eigenvalue weighted by Crippen LogP contribution is -2.57. The number of halogens is 2. The minimum Gasteiger partial charge on any atom is -0.395 e. The summed E-state index contributed by atoms with van der Waals surface area (Å²) >= 11 is 12.3. The number of aliphatic hydroxyl groups excluding tert-OH is 2. The van der Waals surface area contributed by atoms with Crippen molar-refractivity contribution in [2.24, 2.45) is 0 Å². The highest BCUT2D eigenvalue weighted by molar-refractivity contribution is 6.43. The van der Waals surface area contributed by atoms with Crippen molar-refractivity contribution in [3.8, 4) is 11.3 Å². The summed E-state index contributed by atoms with van der Waals surface area (Å²) in [6, 6.07) is 5.00. The molecular formula is C18H24Cl2N6O3. The van der Waals surface area contributed by atoms with Gasteiger partial charge < -0.3 is 25.6 Å². The highest BCUT2D eigenvalue weighted by Crippen LogP contribution is 2.34. The van der Waals surface area contributed by atoms with Crippen LogP contribution in [0.2, 0.25) is 10.0 Å². The van der Waals surface area contributed by atoms with E-state index in [0.29, 0.717) is 53.4 Å². The summed E-state index contributed by atoms with van der Waals surface area (Å²) < 4.78 is 4.97. The molecule has 9 nitrogen and oxygen atoms in total. The molecular weight excluding hydrogens is 419 g/mol. The van der Waals surface area contributed by atoms with Gasteiger partial charge in [-0.05, 0) is 6.07 Å². The first-order valence-electron chi connectivity index (χ1n) is 9.16. The van der Waals surface area contributed by atoms with Crippen LogP contribution in [0.3, 0.4) is 0 Å². The van der Waals surface area contributed by atoms with E-state index >= 15 is 0 Å². The van der Waals surface area contributed by atoms with E-state index in [1.165, 1.54) is 0 Å². The average molecular weight is 443 g/mol. The molecule has 3 rings (SSSR count). The molecule has 2 aromatic rings. The first-order valence-corrected chi connectivity index (χ1v) is 9.91. The molecule has 1 aliphatic rings. The first kappa shape index (κ1) is 21.9. The zero-order chi connectivity index (χ0) is 21.0. The molecule has 1 aromatic heterocycles. The number of aromatic nitrogens is 3. The van der Waals surface area contributed by atoms with Gasteiger partial charge in [-0.15, -0.1) is 10.2 Å². The van der Waals surface area contributed by atoms with Crippen molar-refractivity contribution in [3.63, 3.8) is 0 Å². The Morgan fingerprint density at radius 1 is 1.31 bits per heavy atom. The molecule has 2 heterocycles. The van der Waals surface area contributed by atoms with Crippen LogP contribution in [0.5, 0.6) is 0 Å². The number of anilines is 2. The zero-order valence-corrected chi connectivity index (χ0v) is 17.5. The second kappa shape index (κ2) is 9.84. The topological polar surface area (TPSA) is 121 Å². The minimum atomic E-state index is -0.615. The number of benzene rings is 1. The molecule has 2 unspecified atom stereocenters. The standard InChI is InChI=1S/C18H24Cl2N6O3/c1-29-10-12(28)8-25-5-6-26(7-11(25)9-27)18-22-17(21)16(23-24-18)13-3-2-4-14(19)15(13)20/h2-4,11-12,27-28H,5-10H2,1H3,(H2,21,22,24). The normalized spacial score (nSPS) is 18.8. The Kier molecular flexibility index (Phi) is 7.44. The third-order valence-electron chi connectivity index (χ3n) is 4.81. The van der Waals surface area contributed by atoms with E-state index in [-0.39, 0.29) is 25.1 Å². The molecule has 0 bridgehead atoms. The first-order chi connectivity index (χ1) is 13.9. The van der Waals surface area contributed by atoms with Gasteiger partial charge in [0.25, 0.3) is 0 Å². The molecule has 0 saturated carbocycles. The van der Waals surface area contributed by atoms with Gasteiger partial charge in [-0.25, -0.2) is 0 Å². The van der Waals surface area contributed by atoms with E-state index in [1.54, 1.807) is 25.3 Å². The Labute approximate surface area is 179 Å². The highest BCUT2D eigenvalue weighted by Gasteiger charge is 2.29.